The van der Waals surface area contributed by atoms with Gasteiger partial charge in [-0.3, -0.25) is 0 Å². The van der Waals surface area contributed by atoms with Crippen LogP contribution in [-0.2, 0) is 15.6 Å². The van der Waals surface area contributed by atoms with E-state index in [2.05, 4.69) is 41.5 Å². The third-order valence-corrected chi connectivity index (χ3v) is 4.98. The summed E-state index contributed by atoms with van der Waals surface area (Å²) in [5.74, 6) is 0.469. The Kier molecular flexibility index (Phi) is 5.68. The van der Waals surface area contributed by atoms with Gasteiger partial charge in [0.05, 0.1) is 0 Å². The lowest BCUT2D eigenvalue weighted by Gasteiger charge is -2.28. The predicted molar refractivity (Wildman–Crippen MR) is 112 cm³/mol. The number of methoxy groups -OCH3 is 1. The van der Waals surface area contributed by atoms with Crippen LogP contribution in [0.3, 0.4) is 0 Å². The van der Waals surface area contributed by atoms with Crippen LogP contribution in [-0.4, -0.2) is 17.3 Å². The number of aryl methyl sites for hydroxylation is 2. The van der Waals surface area contributed by atoms with Gasteiger partial charge in [0.2, 0.25) is 0 Å². The van der Waals surface area contributed by atoms with Gasteiger partial charge in [-0.2, -0.15) is 0 Å². The van der Waals surface area contributed by atoms with E-state index >= 15 is 0 Å². The summed E-state index contributed by atoms with van der Waals surface area (Å²) >= 11 is 0. The first-order chi connectivity index (χ1) is 12.3. The van der Waals surface area contributed by atoms with Gasteiger partial charge in [-0.25, -0.2) is 0 Å². The Bertz CT molecular complexity index is 767. The van der Waals surface area contributed by atoms with Crippen LogP contribution in [0.25, 0.3) is 0 Å². The van der Waals surface area contributed by atoms with Crippen LogP contribution in [0.2, 0.25) is 0 Å². The summed E-state index contributed by atoms with van der Waals surface area (Å²) < 4.78 is 5.81. The fourth-order valence-corrected chi connectivity index (χ4v) is 3.58. The Morgan fingerprint density at radius 1 is 0.704 bits per heavy atom. The molecule has 2 aromatic rings. The fourth-order valence-electron chi connectivity index (χ4n) is 3.58. The number of ether oxygens (including phenoxy) is 1. The SMILES string of the molecule is COC(c1cc(C)cc(C(C)(C)C)c1O)c1cc(C)cc(C(C)(C)C)c1O. The van der Waals surface area contributed by atoms with E-state index in [0.29, 0.717) is 11.1 Å². The van der Waals surface area contributed by atoms with Crippen molar-refractivity contribution in [2.24, 2.45) is 0 Å². The average Bonchev–Trinajstić information content (AvgIpc) is 2.51. The molecule has 2 aromatic carbocycles. The summed E-state index contributed by atoms with van der Waals surface area (Å²) in [5.41, 5.74) is 4.83. The maximum Gasteiger partial charge on any atom is 0.125 e. The number of phenolic OH excluding ortho intramolecular Hbond substituents is 2. The van der Waals surface area contributed by atoms with Crippen LogP contribution in [0, 0.1) is 13.8 Å². The van der Waals surface area contributed by atoms with Gasteiger partial charge in [-0.05, 0) is 47.9 Å². The third kappa shape index (κ3) is 4.30. The van der Waals surface area contributed by atoms with Crippen molar-refractivity contribution in [3.8, 4) is 11.5 Å². The lowest BCUT2D eigenvalue weighted by molar-refractivity contribution is 0.130. The molecule has 0 unspecified atom stereocenters. The van der Waals surface area contributed by atoms with Gasteiger partial charge in [-0.1, -0.05) is 64.8 Å². The molecule has 2 rings (SSSR count). The van der Waals surface area contributed by atoms with Crippen LogP contribution >= 0.6 is 0 Å². The lowest BCUT2D eigenvalue weighted by Crippen LogP contribution is -2.16. The maximum atomic E-state index is 11.0. The molecule has 27 heavy (non-hydrogen) atoms. The number of phenols is 2. The molecule has 0 amide bonds. The molecule has 0 saturated heterocycles. The summed E-state index contributed by atoms with van der Waals surface area (Å²) in [6.45, 7) is 16.5. The Morgan fingerprint density at radius 3 is 1.30 bits per heavy atom. The summed E-state index contributed by atoms with van der Waals surface area (Å²) in [6.07, 6.45) is -0.549. The Morgan fingerprint density at radius 2 is 1.04 bits per heavy atom. The van der Waals surface area contributed by atoms with Crippen LogP contribution in [0.5, 0.6) is 11.5 Å². The van der Waals surface area contributed by atoms with E-state index in [1.165, 1.54) is 0 Å². The second-order valence-corrected chi connectivity index (χ2v) is 9.62. The third-order valence-electron chi connectivity index (χ3n) is 4.98. The zero-order chi connectivity index (χ0) is 20.7. The van der Waals surface area contributed by atoms with Crippen molar-refractivity contribution in [1.29, 1.82) is 0 Å². The van der Waals surface area contributed by atoms with E-state index in [-0.39, 0.29) is 22.3 Å². The standard InChI is InChI=1S/C24H34O3/c1-14-10-16(20(25)18(12-14)23(3,4)5)22(27-9)17-11-15(2)13-19(21(17)26)24(6,7)8/h10-13,22,25-26H,1-9H3. The molecule has 0 saturated carbocycles. The largest absolute Gasteiger partial charge is 0.507 e. The molecule has 0 atom stereocenters. The highest BCUT2D eigenvalue weighted by atomic mass is 16.5. The lowest BCUT2D eigenvalue weighted by atomic mass is 9.81. The van der Waals surface area contributed by atoms with Gasteiger partial charge in [0.1, 0.15) is 17.6 Å². The van der Waals surface area contributed by atoms with Gasteiger partial charge in [0.15, 0.2) is 0 Å². The predicted octanol–water partition coefficient (Wildman–Crippen LogP) is 6.05. The van der Waals surface area contributed by atoms with E-state index in [9.17, 15) is 10.2 Å². The second-order valence-electron chi connectivity index (χ2n) is 9.62. The molecule has 0 heterocycles. The highest BCUT2D eigenvalue weighted by Crippen LogP contribution is 2.44. The Labute approximate surface area is 164 Å². The molecule has 0 fully saturated rings. The molecule has 3 nitrogen and oxygen atoms in total. The van der Waals surface area contributed by atoms with Crippen LogP contribution in [0.1, 0.15) is 81.0 Å². The van der Waals surface area contributed by atoms with E-state index < -0.39 is 6.10 Å². The molecular formula is C24H34O3. The van der Waals surface area contributed by atoms with Crippen molar-refractivity contribution in [1.82, 2.24) is 0 Å². The zero-order valence-electron chi connectivity index (χ0n) is 18.2. The average molecular weight is 371 g/mol. The highest BCUT2D eigenvalue weighted by Gasteiger charge is 2.29. The number of hydrogen-bond acceptors (Lipinski definition) is 3. The molecule has 0 radical (unpaired) electrons. The second kappa shape index (κ2) is 7.20. The number of hydrogen-bond donors (Lipinski definition) is 2. The molecule has 0 aliphatic rings. The quantitative estimate of drug-likeness (QED) is 0.692. The van der Waals surface area contributed by atoms with Crippen LogP contribution in [0.4, 0.5) is 0 Å². The minimum atomic E-state index is -0.549. The summed E-state index contributed by atoms with van der Waals surface area (Å²) in [4.78, 5) is 0. The van der Waals surface area contributed by atoms with Crippen LogP contribution < -0.4 is 0 Å². The number of aromatic hydroxyl groups is 2. The van der Waals surface area contributed by atoms with Crippen molar-refractivity contribution < 1.29 is 14.9 Å². The zero-order valence-corrected chi connectivity index (χ0v) is 18.2. The van der Waals surface area contributed by atoms with Crippen molar-refractivity contribution in [2.75, 3.05) is 7.11 Å². The van der Waals surface area contributed by atoms with E-state index in [4.69, 9.17) is 4.74 Å². The Hall–Kier alpha value is -2.00. The Balaban J connectivity index is 2.77. The first-order valence-electron chi connectivity index (χ1n) is 9.48. The van der Waals surface area contributed by atoms with Crippen molar-refractivity contribution in [3.63, 3.8) is 0 Å². The van der Waals surface area contributed by atoms with Gasteiger partial charge >= 0.3 is 0 Å². The molecule has 0 aliphatic heterocycles. The maximum absolute atomic E-state index is 11.0. The van der Waals surface area contributed by atoms with E-state index in [0.717, 1.165) is 22.3 Å². The summed E-state index contributed by atoms with van der Waals surface area (Å²) in [5, 5.41) is 22.1. The summed E-state index contributed by atoms with van der Waals surface area (Å²) in [6, 6.07) is 7.92. The van der Waals surface area contributed by atoms with Gasteiger partial charge < -0.3 is 14.9 Å². The monoisotopic (exact) mass is 370 g/mol. The highest BCUT2D eigenvalue weighted by molar-refractivity contribution is 5.55. The molecule has 148 valence electrons. The molecule has 2 N–H and O–H groups in total. The number of benzene rings is 2. The molecule has 0 aromatic heterocycles. The molecule has 0 bridgehead atoms. The van der Waals surface area contributed by atoms with E-state index in [1.807, 2.05) is 38.1 Å². The molecule has 0 spiro atoms. The van der Waals surface area contributed by atoms with Gasteiger partial charge in [0.25, 0.3) is 0 Å². The summed E-state index contributed by atoms with van der Waals surface area (Å²) in [7, 11) is 1.61. The van der Waals surface area contributed by atoms with Crippen molar-refractivity contribution in [2.45, 2.75) is 72.3 Å². The molecule has 3 heteroatoms. The normalized spacial score (nSPS) is 12.7. The minimum Gasteiger partial charge on any atom is -0.507 e. The topological polar surface area (TPSA) is 49.7 Å². The van der Waals surface area contributed by atoms with Gasteiger partial charge in [-0.15, -0.1) is 0 Å². The molecular weight excluding hydrogens is 336 g/mol. The van der Waals surface area contributed by atoms with Crippen LogP contribution in [0.15, 0.2) is 24.3 Å². The van der Waals surface area contributed by atoms with Gasteiger partial charge in [0, 0.05) is 18.2 Å². The first-order valence-corrected chi connectivity index (χ1v) is 9.48. The van der Waals surface area contributed by atoms with E-state index in [1.54, 1.807) is 7.11 Å². The van der Waals surface area contributed by atoms with Crippen molar-refractivity contribution >= 4 is 0 Å². The number of rotatable bonds is 3. The minimum absolute atomic E-state index is 0.200. The van der Waals surface area contributed by atoms with Crippen molar-refractivity contribution in [3.05, 3.63) is 57.6 Å². The molecule has 0 aliphatic carbocycles. The smallest absolute Gasteiger partial charge is 0.125 e. The first kappa shape index (κ1) is 21.3. The fraction of sp³-hybridized carbons (Fsp3) is 0.500.